The molecular weight excluding hydrogens is 388 g/mol. The standard InChI is InChI=1S/C23H27ClN2OS/c24-21-9-2-1-7-19(21)14-20-8-3-4-10-23(20)15-22(27)26(12-13-28-23)17-18-6-5-11-25-16-18/h1-2,5-7,9,11,16,20H,3-4,8,10,12-15,17H2. The predicted molar refractivity (Wildman–Crippen MR) is 117 cm³/mol. The minimum Gasteiger partial charge on any atom is -0.337 e. The van der Waals surface area contributed by atoms with Crippen LogP contribution in [0.15, 0.2) is 48.8 Å². The van der Waals surface area contributed by atoms with Crippen molar-refractivity contribution in [2.24, 2.45) is 5.92 Å². The van der Waals surface area contributed by atoms with Crippen molar-refractivity contribution in [2.45, 2.75) is 49.8 Å². The molecule has 5 heteroatoms. The van der Waals surface area contributed by atoms with Crippen molar-refractivity contribution >= 4 is 29.3 Å². The number of hydrogen-bond acceptors (Lipinski definition) is 3. The molecule has 1 aliphatic carbocycles. The molecule has 1 amide bonds. The van der Waals surface area contributed by atoms with Gasteiger partial charge >= 0.3 is 0 Å². The van der Waals surface area contributed by atoms with E-state index in [0.29, 0.717) is 24.8 Å². The topological polar surface area (TPSA) is 33.2 Å². The van der Waals surface area contributed by atoms with Gasteiger partial charge < -0.3 is 4.90 Å². The van der Waals surface area contributed by atoms with Gasteiger partial charge in [0.15, 0.2) is 0 Å². The number of halogens is 1. The van der Waals surface area contributed by atoms with Crippen molar-refractivity contribution in [3.63, 3.8) is 0 Å². The summed E-state index contributed by atoms with van der Waals surface area (Å²) >= 11 is 8.49. The van der Waals surface area contributed by atoms with E-state index in [9.17, 15) is 4.79 Å². The maximum absolute atomic E-state index is 13.2. The van der Waals surface area contributed by atoms with E-state index in [-0.39, 0.29) is 4.75 Å². The Morgan fingerprint density at radius 3 is 2.93 bits per heavy atom. The molecule has 1 saturated carbocycles. The van der Waals surface area contributed by atoms with Crippen molar-refractivity contribution < 1.29 is 4.79 Å². The van der Waals surface area contributed by atoms with Crippen molar-refractivity contribution in [3.8, 4) is 0 Å². The van der Waals surface area contributed by atoms with E-state index in [1.165, 1.54) is 24.8 Å². The number of nitrogens with zero attached hydrogens (tertiary/aromatic N) is 2. The Bertz CT molecular complexity index is 815. The lowest BCUT2D eigenvalue weighted by atomic mass is 9.73. The molecule has 3 nitrogen and oxygen atoms in total. The Hall–Kier alpha value is -1.52. The summed E-state index contributed by atoms with van der Waals surface area (Å²) < 4.78 is 0.0538. The monoisotopic (exact) mass is 414 g/mol. The van der Waals surface area contributed by atoms with Crippen LogP contribution in [0.2, 0.25) is 5.02 Å². The summed E-state index contributed by atoms with van der Waals surface area (Å²) in [4.78, 5) is 19.4. The second kappa shape index (κ2) is 8.87. The van der Waals surface area contributed by atoms with Gasteiger partial charge in [-0.25, -0.2) is 0 Å². The molecule has 2 heterocycles. The molecule has 2 aliphatic rings. The molecule has 1 aliphatic heterocycles. The van der Waals surface area contributed by atoms with Crippen molar-refractivity contribution in [3.05, 3.63) is 64.9 Å². The van der Waals surface area contributed by atoms with Gasteiger partial charge in [0.1, 0.15) is 0 Å². The summed E-state index contributed by atoms with van der Waals surface area (Å²) in [5.41, 5.74) is 2.33. The first kappa shape index (κ1) is 19.8. The highest BCUT2D eigenvalue weighted by Gasteiger charge is 2.45. The molecule has 2 aromatic rings. The third-order valence-corrected chi connectivity index (χ3v) is 8.23. The first-order valence-electron chi connectivity index (χ1n) is 10.2. The highest BCUT2D eigenvalue weighted by Crippen LogP contribution is 2.49. The van der Waals surface area contributed by atoms with Crippen LogP contribution >= 0.6 is 23.4 Å². The van der Waals surface area contributed by atoms with Gasteiger partial charge in [-0.05, 0) is 48.4 Å². The summed E-state index contributed by atoms with van der Waals surface area (Å²) in [7, 11) is 0. The Kier molecular flexibility index (Phi) is 6.27. The van der Waals surface area contributed by atoms with Gasteiger partial charge in [-0.15, -0.1) is 0 Å². The van der Waals surface area contributed by atoms with Crippen molar-refractivity contribution in [1.29, 1.82) is 0 Å². The Balaban J connectivity index is 1.52. The molecule has 148 valence electrons. The van der Waals surface area contributed by atoms with Crippen LogP contribution < -0.4 is 0 Å². The number of aromatic nitrogens is 1. The molecule has 4 rings (SSSR count). The molecule has 1 spiro atoms. The average molecular weight is 415 g/mol. The molecule has 1 saturated heterocycles. The summed E-state index contributed by atoms with van der Waals surface area (Å²) in [6.07, 6.45) is 10.1. The molecule has 0 bridgehead atoms. The van der Waals surface area contributed by atoms with Gasteiger partial charge in [-0.3, -0.25) is 9.78 Å². The van der Waals surface area contributed by atoms with Crippen LogP contribution in [-0.2, 0) is 17.8 Å². The van der Waals surface area contributed by atoms with E-state index < -0.39 is 0 Å². The van der Waals surface area contributed by atoms with Gasteiger partial charge in [0.25, 0.3) is 0 Å². The van der Waals surface area contributed by atoms with E-state index in [4.69, 9.17) is 11.6 Å². The second-order valence-corrected chi connectivity index (χ2v) is 9.92. The van der Waals surface area contributed by atoms with Crippen LogP contribution in [0.1, 0.15) is 43.2 Å². The van der Waals surface area contributed by atoms with Gasteiger partial charge in [0, 0.05) is 47.4 Å². The zero-order valence-electron chi connectivity index (χ0n) is 16.1. The summed E-state index contributed by atoms with van der Waals surface area (Å²) in [6, 6.07) is 12.2. The number of thioether (sulfide) groups is 1. The molecule has 1 aromatic heterocycles. The van der Waals surface area contributed by atoms with E-state index in [0.717, 1.165) is 35.7 Å². The number of hydrogen-bond donors (Lipinski definition) is 0. The van der Waals surface area contributed by atoms with Crippen molar-refractivity contribution in [1.82, 2.24) is 9.88 Å². The lowest BCUT2D eigenvalue weighted by molar-refractivity contribution is -0.132. The first-order chi connectivity index (χ1) is 13.7. The summed E-state index contributed by atoms with van der Waals surface area (Å²) in [6.45, 7) is 1.48. The van der Waals surface area contributed by atoms with Gasteiger partial charge in [0.2, 0.25) is 5.91 Å². The van der Waals surface area contributed by atoms with Gasteiger partial charge in [-0.1, -0.05) is 48.7 Å². The molecule has 28 heavy (non-hydrogen) atoms. The summed E-state index contributed by atoms with van der Waals surface area (Å²) in [5.74, 6) is 1.80. The Morgan fingerprint density at radius 1 is 1.21 bits per heavy atom. The normalized spacial score (nSPS) is 25.7. The largest absolute Gasteiger partial charge is 0.337 e. The number of amides is 1. The number of pyridine rings is 1. The highest BCUT2D eigenvalue weighted by molar-refractivity contribution is 8.00. The molecular formula is C23H27ClN2OS. The number of carbonyl (C=O) groups is 1. The zero-order chi connectivity index (χ0) is 19.4. The summed E-state index contributed by atoms with van der Waals surface area (Å²) in [5, 5.41) is 0.853. The fourth-order valence-corrected chi connectivity index (χ4v) is 6.59. The maximum atomic E-state index is 13.2. The third-order valence-electron chi connectivity index (χ3n) is 6.22. The zero-order valence-corrected chi connectivity index (χ0v) is 17.7. The van der Waals surface area contributed by atoms with Crippen LogP contribution in [0.4, 0.5) is 0 Å². The lowest BCUT2D eigenvalue weighted by Crippen LogP contribution is -2.42. The molecule has 1 aromatic carbocycles. The van der Waals surface area contributed by atoms with E-state index in [2.05, 4.69) is 23.2 Å². The van der Waals surface area contributed by atoms with Crippen LogP contribution in [0, 0.1) is 5.92 Å². The van der Waals surface area contributed by atoms with E-state index in [1.54, 1.807) is 6.20 Å². The van der Waals surface area contributed by atoms with Gasteiger partial charge in [-0.2, -0.15) is 11.8 Å². The SMILES string of the molecule is O=C1CC2(CCCCC2Cc2ccccc2Cl)SCCN1Cc1cccnc1. The van der Waals surface area contributed by atoms with Crippen molar-refractivity contribution in [2.75, 3.05) is 12.3 Å². The first-order valence-corrected chi connectivity index (χ1v) is 11.6. The van der Waals surface area contributed by atoms with E-state index in [1.807, 2.05) is 41.1 Å². The lowest BCUT2D eigenvalue weighted by Gasteiger charge is -2.43. The number of benzene rings is 1. The molecule has 0 N–H and O–H groups in total. The fraction of sp³-hybridized carbons (Fsp3) is 0.478. The minimum absolute atomic E-state index is 0.0538. The maximum Gasteiger partial charge on any atom is 0.224 e. The smallest absolute Gasteiger partial charge is 0.224 e. The van der Waals surface area contributed by atoms with Crippen LogP contribution in [0.3, 0.4) is 0 Å². The minimum atomic E-state index is 0.0538. The number of carbonyl (C=O) groups excluding carboxylic acids is 1. The second-order valence-electron chi connectivity index (χ2n) is 8.00. The molecule has 2 unspecified atom stereocenters. The number of rotatable bonds is 4. The molecule has 0 radical (unpaired) electrons. The van der Waals surface area contributed by atoms with Crippen LogP contribution in [0.5, 0.6) is 0 Å². The van der Waals surface area contributed by atoms with Crippen LogP contribution in [0.25, 0.3) is 0 Å². The average Bonchev–Trinajstić information content (AvgIpc) is 2.86. The molecule has 2 atom stereocenters. The van der Waals surface area contributed by atoms with Crippen LogP contribution in [-0.4, -0.2) is 32.8 Å². The molecule has 2 fully saturated rings. The van der Waals surface area contributed by atoms with E-state index >= 15 is 0 Å². The quantitative estimate of drug-likeness (QED) is 0.674. The highest BCUT2D eigenvalue weighted by atomic mass is 35.5. The Morgan fingerprint density at radius 2 is 2.11 bits per heavy atom. The Labute approximate surface area is 176 Å². The predicted octanol–water partition coefficient (Wildman–Crippen LogP) is 5.37. The van der Waals surface area contributed by atoms with Gasteiger partial charge in [0.05, 0.1) is 0 Å². The third kappa shape index (κ3) is 4.38. The fourth-order valence-electron chi connectivity index (χ4n) is 4.70.